The van der Waals surface area contributed by atoms with Crippen molar-refractivity contribution >= 4 is 27.9 Å². The Hall–Kier alpha value is -1.56. The number of nitrogens with one attached hydrogen (secondary N) is 2. The molecule has 0 spiro atoms. The number of benzene rings is 1. The lowest BCUT2D eigenvalue weighted by atomic mass is 9.86. The van der Waals surface area contributed by atoms with E-state index in [1.165, 1.54) is 0 Å². The number of aryl methyl sites for hydroxylation is 1. The molecule has 0 atom stereocenters. The maximum atomic E-state index is 11.9. The normalized spacial score (nSPS) is 21.2. The first-order chi connectivity index (χ1) is 10.5. The fourth-order valence-electron chi connectivity index (χ4n) is 2.75. The largest absolute Gasteiger partial charge is 0.481 e. The third-order valence-electron chi connectivity index (χ3n) is 4.16. The minimum atomic E-state index is -0.728. The topological polar surface area (TPSA) is 78.4 Å². The molecule has 120 valence electrons. The van der Waals surface area contributed by atoms with Crippen molar-refractivity contribution in [1.29, 1.82) is 0 Å². The molecule has 22 heavy (non-hydrogen) atoms. The highest BCUT2D eigenvalue weighted by Gasteiger charge is 2.26. The molecule has 0 unspecified atom stereocenters. The van der Waals surface area contributed by atoms with Crippen molar-refractivity contribution in [3.8, 4) is 0 Å². The summed E-state index contributed by atoms with van der Waals surface area (Å²) in [5.41, 5.74) is 2.20. The number of aliphatic carboxylic acids is 1. The number of amides is 2. The van der Waals surface area contributed by atoms with Gasteiger partial charge in [0, 0.05) is 17.1 Å². The average Bonchev–Trinajstić information content (AvgIpc) is 2.47. The lowest BCUT2D eigenvalue weighted by Crippen LogP contribution is -2.43. The highest BCUT2D eigenvalue weighted by molar-refractivity contribution is 9.10. The van der Waals surface area contributed by atoms with Gasteiger partial charge >= 0.3 is 12.0 Å². The van der Waals surface area contributed by atoms with E-state index in [9.17, 15) is 9.59 Å². The average molecular weight is 369 g/mol. The second kappa shape index (κ2) is 7.63. The van der Waals surface area contributed by atoms with Crippen molar-refractivity contribution in [3.05, 3.63) is 33.8 Å². The molecule has 3 N–H and O–H groups in total. The molecule has 1 aliphatic rings. The molecule has 1 saturated carbocycles. The van der Waals surface area contributed by atoms with E-state index in [-0.39, 0.29) is 18.0 Å². The molecule has 0 radical (unpaired) electrons. The SMILES string of the molecule is Cc1cc(Br)ccc1CNC(=O)NC1CCC(C(=O)O)CC1. The van der Waals surface area contributed by atoms with Gasteiger partial charge in [-0.1, -0.05) is 22.0 Å². The molecule has 0 aromatic heterocycles. The molecule has 1 fully saturated rings. The first-order valence-electron chi connectivity index (χ1n) is 7.48. The third-order valence-corrected chi connectivity index (χ3v) is 4.65. The van der Waals surface area contributed by atoms with Gasteiger partial charge in [0.15, 0.2) is 0 Å². The van der Waals surface area contributed by atoms with Gasteiger partial charge in [-0.25, -0.2) is 4.79 Å². The quantitative estimate of drug-likeness (QED) is 0.763. The monoisotopic (exact) mass is 368 g/mol. The highest BCUT2D eigenvalue weighted by Crippen LogP contribution is 2.24. The number of halogens is 1. The highest BCUT2D eigenvalue weighted by atomic mass is 79.9. The fraction of sp³-hybridized carbons (Fsp3) is 0.500. The summed E-state index contributed by atoms with van der Waals surface area (Å²) in [4.78, 5) is 22.8. The standard InChI is InChI=1S/C16H21BrN2O3/c1-10-8-13(17)5-2-12(10)9-18-16(22)19-14-6-3-11(4-7-14)15(20)21/h2,5,8,11,14H,3-4,6-7,9H2,1H3,(H,20,21)(H2,18,19,22). The van der Waals surface area contributed by atoms with Crippen molar-refractivity contribution in [2.45, 2.75) is 45.2 Å². The molecule has 0 saturated heterocycles. The predicted octanol–water partition coefficient (Wildman–Crippen LogP) is 3.20. The van der Waals surface area contributed by atoms with E-state index in [1.807, 2.05) is 25.1 Å². The van der Waals surface area contributed by atoms with Crippen LogP contribution in [-0.4, -0.2) is 23.1 Å². The maximum absolute atomic E-state index is 11.9. The van der Waals surface area contributed by atoms with Crippen LogP contribution in [0.3, 0.4) is 0 Å². The van der Waals surface area contributed by atoms with Crippen LogP contribution in [0.2, 0.25) is 0 Å². The summed E-state index contributed by atoms with van der Waals surface area (Å²) in [6.45, 7) is 2.49. The van der Waals surface area contributed by atoms with E-state index < -0.39 is 5.97 Å². The second-order valence-corrected chi connectivity index (χ2v) is 6.70. The Morgan fingerprint density at radius 2 is 1.95 bits per heavy atom. The van der Waals surface area contributed by atoms with Gasteiger partial charge in [-0.15, -0.1) is 0 Å². The number of hydrogen-bond donors (Lipinski definition) is 3. The number of urea groups is 1. The van der Waals surface area contributed by atoms with Gasteiger partial charge in [0.05, 0.1) is 5.92 Å². The van der Waals surface area contributed by atoms with Crippen molar-refractivity contribution in [1.82, 2.24) is 10.6 Å². The summed E-state index contributed by atoms with van der Waals surface area (Å²) in [5, 5.41) is 14.7. The molecule has 1 aliphatic carbocycles. The molecule has 5 nitrogen and oxygen atoms in total. The van der Waals surface area contributed by atoms with E-state index in [4.69, 9.17) is 5.11 Å². The second-order valence-electron chi connectivity index (χ2n) is 5.78. The summed E-state index contributed by atoms with van der Waals surface area (Å²) in [6, 6.07) is 5.83. The van der Waals surface area contributed by atoms with Crippen molar-refractivity contribution in [3.63, 3.8) is 0 Å². The summed E-state index contributed by atoms with van der Waals surface area (Å²) >= 11 is 3.42. The summed E-state index contributed by atoms with van der Waals surface area (Å²) < 4.78 is 1.02. The van der Waals surface area contributed by atoms with Crippen LogP contribution < -0.4 is 10.6 Å². The molecule has 2 rings (SSSR count). The van der Waals surface area contributed by atoms with Crippen LogP contribution in [0.15, 0.2) is 22.7 Å². The molecule has 1 aromatic rings. The summed E-state index contributed by atoms with van der Waals surface area (Å²) in [5.74, 6) is -0.986. The summed E-state index contributed by atoms with van der Waals surface area (Å²) in [6.07, 6.45) is 2.71. The Morgan fingerprint density at radius 1 is 1.27 bits per heavy atom. The van der Waals surface area contributed by atoms with Gasteiger partial charge in [-0.2, -0.15) is 0 Å². The van der Waals surface area contributed by atoms with Gasteiger partial charge in [0.1, 0.15) is 0 Å². The lowest BCUT2D eigenvalue weighted by Gasteiger charge is -2.26. The minimum absolute atomic E-state index is 0.0709. The van der Waals surface area contributed by atoms with Crippen LogP contribution in [-0.2, 0) is 11.3 Å². The van der Waals surface area contributed by atoms with Crippen LogP contribution in [0.1, 0.15) is 36.8 Å². The van der Waals surface area contributed by atoms with Gasteiger partial charge in [-0.05, 0) is 55.9 Å². The number of carbonyl (C=O) groups is 2. The number of rotatable bonds is 4. The zero-order valence-electron chi connectivity index (χ0n) is 12.6. The van der Waals surface area contributed by atoms with E-state index in [1.54, 1.807) is 0 Å². The Bertz CT molecular complexity index is 554. The van der Waals surface area contributed by atoms with Crippen molar-refractivity contribution in [2.24, 2.45) is 5.92 Å². The van der Waals surface area contributed by atoms with Gasteiger partial charge in [0.2, 0.25) is 0 Å². The molecule has 0 aliphatic heterocycles. The van der Waals surface area contributed by atoms with Crippen molar-refractivity contribution < 1.29 is 14.7 Å². The van der Waals surface area contributed by atoms with E-state index >= 15 is 0 Å². The number of hydrogen-bond acceptors (Lipinski definition) is 2. The van der Waals surface area contributed by atoms with Crippen LogP contribution in [0.5, 0.6) is 0 Å². The van der Waals surface area contributed by atoms with E-state index in [2.05, 4.69) is 26.6 Å². The lowest BCUT2D eigenvalue weighted by molar-refractivity contribution is -0.142. The van der Waals surface area contributed by atoms with Crippen molar-refractivity contribution in [2.75, 3.05) is 0 Å². The molecular weight excluding hydrogens is 348 g/mol. The molecule has 0 bridgehead atoms. The Labute approximate surface area is 138 Å². The maximum Gasteiger partial charge on any atom is 0.315 e. The molecular formula is C16H21BrN2O3. The molecule has 2 amide bonds. The zero-order chi connectivity index (χ0) is 16.1. The van der Waals surface area contributed by atoms with Gasteiger partial charge in [-0.3, -0.25) is 4.79 Å². The van der Waals surface area contributed by atoms with Crippen LogP contribution >= 0.6 is 15.9 Å². The van der Waals surface area contributed by atoms with Gasteiger partial charge in [0.25, 0.3) is 0 Å². The Kier molecular flexibility index (Phi) is 5.83. The first kappa shape index (κ1) is 16.8. The van der Waals surface area contributed by atoms with Crippen LogP contribution in [0, 0.1) is 12.8 Å². The molecule has 0 heterocycles. The Balaban J connectivity index is 1.75. The zero-order valence-corrected chi connectivity index (χ0v) is 14.1. The third kappa shape index (κ3) is 4.73. The van der Waals surface area contributed by atoms with Crippen LogP contribution in [0.25, 0.3) is 0 Å². The Morgan fingerprint density at radius 3 is 2.55 bits per heavy atom. The van der Waals surface area contributed by atoms with E-state index in [0.29, 0.717) is 19.4 Å². The van der Waals surface area contributed by atoms with Gasteiger partial charge < -0.3 is 15.7 Å². The number of carbonyl (C=O) groups excluding carboxylic acids is 1. The van der Waals surface area contributed by atoms with Crippen LogP contribution in [0.4, 0.5) is 4.79 Å². The molecule has 1 aromatic carbocycles. The predicted molar refractivity (Wildman–Crippen MR) is 87.6 cm³/mol. The minimum Gasteiger partial charge on any atom is -0.481 e. The van der Waals surface area contributed by atoms with E-state index in [0.717, 1.165) is 28.4 Å². The number of carboxylic acid groups (broad SMARTS) is 1. The fourth-order valence-corrected chi connectivity index (χ4v) is 3.23. The number of carboxylic acids is 1. The first-order valence-corrected chi connectivity index (χ1v) is 8.27. The summed E-state index contributed by atoms with van der Waals surface area (Å²) in [7, 11) is 0. The smallest absolute Gasteiger partial charge is 0.315 e. The molecule has 6 heteroatoms.